The molecule has 0 aromatic heterocycles. The number of hydrogen-bond donors (Lipinski definition) is 0. The van der Waals surface area contributed by atoms with Gasteiger partial charge in [0.25, 0.3) is 0 Å². The van der Waals surface area contributed by atoms with Crippen molar-refractivity contribution in [2.75, 3.05) is 26.2 Å². The second-order valence-electron chi connectivity index (χ2n) is 5.99. The summed E-state index contributed by atoms with van der Waals surface area (Å²) in [7, 11) is 0. The van der Waals surface area contributed by atoms with E-state index in [0.29, 0.717) is 6.04 Å². The highest BCUT2D eigenvalue weighted by molar-refractivity contribution is 5.53. The third kappa shape index (κ3) is 3.47. The first kappa shape index (κ1) is 14.3. The summed E-state index contributed by atoms with van der Waals surface area (Å²) < 4.78 is 0. The third-order valence-electron chi connectivity index (χ3n) is 4.26. The molecule has 0 saturated carbocycles. The molecule has 2 heterocycles. The molecule has 0 N–H and O–H groups in total. The summed E-state index contributed by atoms with van der Waals surface area (Å²) in [6.07, 6.45) is 7.69. The molecular formula is C16H26N2O. The van der Waals surface area contributed by atoms with Crippen molar-refractivity contribution in [2.24, 2.45) is 5.92 Å². The summed E-state index contributed by atoms with van der Waals surface area (Å²) in [5, 5.41) is 0. The topological polar surface area (TPSA) is 23.6 Å². The molecular weight excluding hydrogens is 236 g/mol. The second-order valence-corrected chi connectivity index (χ2v) is 5.99. The van der Waals surface area contributed by atoms with E-state index in [-0.39, 0.29) is 5.92 Å². The molecule has 2 aliphatic heterocycles. The molecule has 2 saturated heterocycles. The van der Waals surface area contributed by atoms with E-state index >= 15 is 0 Å². The molecule has 2 rings (SSSR count). The molecule has 0 aliphatic carbocycles. The number of allylic oxidation sites excluding steroid dienone is 3. The van der Waals surface area contributed by atoms with Crippen LogP contribution < -0.4 is 0 Å². The van der Waals surface area contributed by atoms with Gasteiger partial charge in [0.2, 0.25) is 0 Å². The molecule has 0 aromatic rings. The lowest BCUT2D eigenvalue weighted by atomic mass is 9.90. The molecule has 2 unspecified atom stereocenters. The van der Waals surface area contributed by atoms with E-state index in [1.165, 1.54) is 11.3 Å². The fourth-order valence-corrected chi connectivity index (χ4v) is 3.22. The van der Waals surface area contributed by atoms with E-state index in [1.54, 1.807) is 0 Å². The molecule has 2 fully saturated rings. The van der Waals surface area contributed by atoms with Gasteiger partial charge in [-0.25, -0.2) is 0 Å². The first-order valence-corrected chi connectivity index (χ1v) is 7.39. The standard InChI is InChI=1S/C16H26N2O/c1-4-15(9-13(2)3)18-8-7-17-6-5-14(12-19)10-16(17)11-18/h4,9,12,14,16H,5-8,10-11H2,1-3H3/b15-4+. The number of rotatable bonds is 3. The zero-order chi connectivity index (χ0) is 13.8. The Bertz CT molecular complexity index is 382. The van der Waals surface area contributed by atoms with Crippen LogP contribution in [0, 0.1) is 5.92 Å². The number of nitrogens with zero attached hydrogens (tertiary/aromatic N) is 2. The van der Waals surface area contributed by atoms with Gasteiger partial charge in [0.15, 0.2) is 0 Å². The summed E-state index contributed by atoms with van der Waals surface area (Å²) in [5.74, 6) is 0.277. The van der Waals surface area contributed by atoms with Gasteiger partial charge >= 0.3 is 0 Å². The van der Waals surface area contributed by atoms with Gasteiger partial charge in [-0.05, 0) is 46.2 Å². The van der Waals surface area contributed by atoms with Gasteiger partial charge in [0.05, 0.1) is 0 Å². The molecule has 19 heavy (non-hydrogen) atoms. The van der Waals surface area contributed by atoms with Crippen molar-refractivity contribution in [1.29, 1.82) is 0 Å². The monoisotopic (exact) mass is 262 g/mol. The van der Waals surface area contributed by atoms with Gasteiger partial charge in [-0.2, -0.15) is 0 Å². The molecule has 3 heteroatoms. The fraction of sp³-hybridized carbons (Fsp3) is 0.688. The maximum atomic E-state index is 11.0. The summed E-state index contributed by atoms with van der Waals surface area (Å²) in [4.78, 5) is 16.0. The number of fused-ring (bicyclic) bond motifs is 1. The Morgan fingerprint density at radius 3 is 2.63 bits per heavy atom. The van der Waals surface area contributed by atoms with Crippen LogP contribution in [-0.2, 0) is 4.79 Å². The van der Waals surface area contributed by atoms with E-state index in [0.717, 1.165) is 45.3 Å². The first-order valence-electron chi connectivity index (χ1n) is 7.39. The minimum Gasteiger partial charge on any atom is -0.369 e. The van der Waals surface area contributed by atoms with Gasteiger partial charge in [-0.1, -0.05) is 11.6 Å². The van der Waals surface area contributed by atoms with Crippen LogP contribution in [0.25, 0.3) is 0 Å². The molecule has 3 nitrogen and oxygen atoms in total. The third-order valence-corrected chi connectivity index (χ3v) is 4.26. The highest BCUT2D eigenvalue weighted by Crippen LogP contribution is 2.26. The van der Waals surface area contributed by atoms with Crippen LogP contribution in [0.4, 0.5) is 0 Å². The molecule has 2 atom stereocenters. The van der Waals surface area contributed by atoms with Crippen LogP contribution in [0.3, 0.4) is 0 Å². The normalized spacial score (nSPS) is 28.8. The lowest BCUT2D eigenvalue weighted by molar-refractivity contribution is -0.113. The average Bonchev–Trinajstić information content (AvgIpc) is 2.43. The van der Waals surface area contributed by atoms with Crippen molar-refractivity contribution in [2.45, 2.75) is 39.7 Å². The van der Waals surface area contributed by atoms with Crippen LogP contribution >= 0.6 is 0 Å². The zero-order valence-corrected chi connectivity index (χ0v) is 12.4. The number of carbonyl (C=O) groups excluding carboxylic acids is 1. The van der Waals surface area contributed by atoms with Crippen molar-refractivity contribution in [1.82, 2.24) is 9.80 Å². The van der Waals surface area contributed by atoms with Crippen molar-refractivity contribution in [3.63, 3.8) is 0 Å². The lowest BCUT2D eigenvalue weighted by Gasteiger charge is -2.46. The number of piperazine rings is 1. The molecule has 0 spiro atoms. The summed E-state index contributed by atoms with van der Waals surface area (Å²) in [6, 6.07) is 0.554. The predicted octanol–water partition coefficient (Wildman–Crippen LogP) is 2.45. The predicted molar refractivity (Wildman–Crippen MR) is 78.9 cm³/mol. The van der Waals surface area contributed by atoms with Gasteiger partial charge < -0.3 is 9.69 Å². The maximum Gasteiger partial charge on any atom is 0.123 e. The molecule has 106 valence electrons. The van der Waals surface area contributed by atoms with Crippen LogP contribution in [-0.4, -0.2) is 48.3 Å². The Balaban J connectivity index is 2.03. The Hall–Kier alpha value is -1.09. The van der Waals surface area contributed by atoms with E-state index < -0.39 is 0 Å². The van der Waals surface area contributed by atoms with Gasteiger partial charge in [0.1, 0.15) is 6.29 Å². The van der Waals surface area contributed by atoms with E-state index in [4.69, 9.17) is 0 Å². The number of carbonyl (C=O) groups is 1. The smallest absolute Gasteiger partial charge is 0.123 e. The highest BCUT2D eigenvalue weighted by Gasteiger charge is 2.32. The van der Waals surface area contributed by atoms with Gasteiger partial charge in [-0.3, -0.25) is 4.90 Å². The zero-order valence-electron chi connectivity index (χ0n) is 12.4. The quantitative estimate of drug-likeness (QED) is 0.576. The van der Waals surface area contributed by atoms with Gasteiger partial charge in [-0.15, -0.1) is 0 Å². The Labute approximate surface area is 117 Å². The fourth-order valence-electron chi connectivity index (χ4n) is 3.22. The largest absolute Gasteiger partial charge is 0.369 e. The first-order chi connectivity index (χ1) is 9.13. The summed E-state index contributed by atoms with van der Waals surface area (Å²) >= 11 is 0. The molecule has 0 radical (unpaired) electrons. The number of hydrogen-bond acceptors (Lipinski definition) is 3. The minimum absolute atomic E-state index is 0.277. The van der Waals surface area contributed by atoms with Crippen LogP contribution in [0.15, 0.2) is 23.4 Å². The maximum absolute atomic E-state index is 11.0. The Morgan fingerprint density at radius 2 is 2.00 bits per heavy atom. The molecule has 0 aromatic carbocycles. The highest BCUT2D eigenvalue weighted by atomic mass is 16.1. The number of piperidine rings is 1. The summed E-state index contributed by atoms with van der Waals surface area (Å²) in [6.45, 7) is 10.8. The number of aldehydes is 1. The van der Waals surface area contributed by atoms with Crippen LogP contribution in [0.1, 0.15) is 33.6 Å². The Morgan fingerprint density at radius 1 is 1.21 bits per heavy atom. The second kappa shape index (κ2) is 6.38. The van der Waals surface area contributed by atoms with Gasteiger partial charge in [0, 0.05) is 37.3 Å². The Kier molecular flexibility index (Phi) is 4.81. The molecule has 0 amide bonds. The average molecular weight is 262 g/mol. The van der Waals surface area contributed by atoms with Crippen LogP contribution in [0.2, 0.25) is 0 Å². The molecule has 0 bridgehead atoms. The minimum atomic E-state index is 0.277. The van der Waals surface area contributed by atoms with Crippen molar-refractivity contribution >= 4 is 6.29 Å². The lowest BCUT2D eigenvalue weighted by Crippen LogP contribution is -2.55. The van der Waals surface area contributed by atoms with Crippen molar-refractivity contribution in [3.05, 3.63) is 23.4 Å². The van der Waals surface area contributed by atoms with Crippen molar-refractivity contribution < 1.29 is 4.79 Å². The van der Waals surface area contributed by atoms with Crippen molar-refractivity contribution in [3.8, 4) is 0 Å². The van der Waals surface area contributed by atoms with E-state index in [9.17, 15) is 4.79 Å². The summed E-state index contributed by atoms with van der Waals surface area (Å²) in [5.41, 5.74) is 2.66. The van der Waals surface area contributed by atoms with Crippen LogP contribution in [0.5, 0.6) is 0 Å². The van der Waals surface area contributed by atoms with E-state index in [2.05, 4.69) is 42.7 Å². The molecule has 2 aliphatic rings. The van der Waals surface area contributed by atoms with E-state index in [1.807, 2.05) is 0 Å². The SMILES string of the molecule is C/C=C(\C=C(C)C)N1CCN2CCC(C=O)CC2C1.